The van der Waals surface area contributed by atoms with E-state index in [0.29, 0.717) is 5.69 Å². The van der Waals surface area contributed by atoms with Gasteiger partial charge in [-0.05, 0) is 71.3 Å². The molecule has 0 saturated heterocycles. The van der Waals surface area contributed by atoms with Gasteiger partial charge in [-0.15, -0.1) is 0 Å². The van der Waals surface area contributed by atoms with Gasteiger partial charge in [0.05, 0.1) is 23.0 Å². The molecule has 0 aliphatic heterocycles. The molecule has 0 spiro atoms. The minimum absolute atomic E-state index is 0.596. The van der Waals surface area contributed by atoms with Crippen molar-refractivity contribution in [2.75, 3.05) is 0 Å². The van der Waals surface area contributed by atoms with Crippen LogP contribution >= 0.6 is 0 Å². The molecule has 4 heteroatoms. The highest BCUT2D eigenvalue weighted by atomic mass is 16.3. The van der Waals surface area contributed by atoms with Gasteiger partial charge < -0.3 is 13.4 Å². The highest BCUT2D eigenvalue weighted by Crippen LogP contribution is 2.44. The Labute approximate surface area is 269 Å². The molecule has 0 radical (unpaired) electrons. The third-order valence-corrected chi connectivity index (χ3v) is 9.43. The molecule has 0 N–H and O–H groups in total. The fourth-order valence-electron chi connectivity index (χ4n) is 7.35. The summed E-state index contributed by atoms with van der Waals surface area (Å²) in [5, 5.41) is 6.38. The maximum absolute atomic E-state index is 8.18. The van der Waals surface area contributed by atoms with Crippen molar-refractivity contribution >= 4 is 71.4 Å². The summed E-state index contributed by atoms with van der Waals surface area (Å²) in [7, 11) is 0. The zero-order valence-corrected chi connectivity index (χ0v) is 25.1. The summed E-state index contributed by atoms with van der Waals surface area (Å²) in [5.74, 6) is 0. The van der Waals surface area contributed by atoms with E-state index in [1.165, 1.54) is 16.3 Å². The van der Waals surface area contributed by atoms with Crippen molar-refractivity contribution in [2.45, 2.75) is 0 Å². The Hall–Kier alpha value is -6.57. The van der Waals surface area contributed by atoms with Crippen molar-refractivity contribution in [3.8, 4) is 27.9 Å². The molecule has 10 rings (SSSR count). The van der Waals surface area contributed by atoms with E-state index in [1.807, 2.05) is 30.3 Å². The Balaban J connectivity index is 1.24. The van der Waals surface area contributed by atoms with Crippen molar-refractivity contribution < 1.29 is 8.83 Å². The summed E-state index contributed by atoms with van der Waals surface area (Å²) in [4.78, 5) is 4.01. The van der Waals surface area contributed by atoms with Crippen LogP contribution < -0.4 is 0 Å². The number of furan rings is 2. The van der Waals surface area contributed by atoms with Gasteiger partial charge in [0.25, 0.3) is 0 Å². The first kappa shape index (κ1) is 25.7. The number of benzene rings is 7. The summed E-state index contributed by atoms with van der Waals surface area (Å²) >= 11 is 0. The van der Waals surface area contributed by atoms with E-state index < -0.39 is 0 Å². The minimum Gasteiger partial charge on any atom is -0.456 e. The van der Waals surface area contributed by atoms with Gasteiger partial charge in [-0.3, -0.25) is 0 Å². The molecule has 3 heterocycles. The summed E-state index contributed by atoms with van der Waals surface area (Å²) in [6.07, 6.45) is 0. The predicted octanol–water partition coefficient (Wildman–Crippen LogP) is 12.5. The first-order valence-electron chi connectivity index (χ1n) is 15.6. The SMILES string of the molecule is [C-]#[N+]c1cccc(-n2c3ccccc3c3ccccc32)c1-c1ccc2oc3ccc4c5cc(-c6ccccc6)ccc5oc4c3c2c1. The molecule has 0 aliphatic rings. The van der Waals surface area contributed by atoms with E-state index in [9.17, 15) is 0 Å². The molecule has 0 atom stereocenters. The zero-order chi connectivity index (χ0) is 31.1. The van der Waals surface area contributed by atoms with Gasteiger partial charge in [0.15, 0.2) is 5.69 Å². The number of para-hydroxylation sites is 2. The number of aromatic nitrogens is 1. The molecule has 0 fully saturated rings. The van der Waals surface area contributed by atoms with Crippen LogP contribution in [0.2, 0.25) is 0 Å². The van der Waals surface area contributed by atoms with Crippen LogP contribution in [0.3, 0.4) is 0 Å². The maximum Gasteiger partial charge on any atom is 0.196 e. The second kappa shape index (κ2) is 9.71. The van der Waals surface area contributed by atoms with Crippen molar-refractivity contribution in [3.63, 3.8) is 0 Å². The Morgan fingerprint density at radius 2 is 1.13 bits per heavy atom. The van der Waals surface area contributed by atoms with Crippen LogP contribution in [-0.4, -0.2) is 4.57 Å². The van der Waals surface area contributed by atoms with Gasteiger partial charge in [0.1, 0.15) is 22.3 Å². The Morgan fingerprint density at radius 1 is 0.468 bits per heavy atom. The maximum atomic E-state index is 8.18. The van der Waals surface area contributed by atoms with Crippen molar-refractivity contribution in [3.05, 3.63) is 157 Å². The quantitative estimate of drug-likeness (QED) is 0.189. The number of nitrogens with zero attached hydrogens (tertiary/aromatic N) is 2. The topological polar surface area (TPSA) is 35.6 Å². The monoisotopic (exact) mass is 600 g/mol. The van der Waals surface area contributed by atoms with Crippen molar-refractivity contribution in [1.29, 1.82) is 0 Å². The first-order valence-corrected chi connectivity index (χ1v) is 15.6. The van der Waals surface area contributed by atoms with Crippen molar-refractivity contribution in [1.82, 2.24) is 4.57 Å². The average Bonchev–Trinajstić information content (AvgIpc) is 3.80. The zero-order valence-electron chi connectivity index (χ0n) is 25.1. The van der Waals surface area contributed by atoms with E-state index in [4.69, 9.17) is 15.4 Å². The van der Waals surface area contributed by atoms with E-state index >= 15 is 0 Å². The molecule has 10 aromatic rings. The van der Waals surface area contributed by atoms with E-state index in [-0.39, 0.29) is 0 Å². The van der Waals surface area contributed by atoms with E-state index in [2.05, 4.69) is 125 Å². The lowest BCUT2D eigenvalue weighted by atomic mass is 9.98. The second-order valence-corrected chi connectivity index (χ2v) is 12.0. The Bertz CT molecular complexity index is 2860. The molecule has 0 aliphatic carbocycles. The number of hydrogen-bond acceptors (Lipinski definition) is 2. The first-order chi connectivity index (χ1) is 23.3. The molecule has 3 aromatic heterocycles. The fourth-order valence-corrected chi connectivity index (χ4v) is 7.35. The molecule has 0 amide bonds. The van der Waals surface area contributed by atoms with Crippen LogP contribution in [0, 0.1) is 6.57 Å². The third kappa shape index (κ3) is 3.69. The van der Waals surface area contributed by atoms with Crippen LogP contribution in [0.1, 0.15) is 0 Å². The standard InChI is InChI=1S/C43H24N2O2/c1-44-34-14-9-17-37(45-35-15-7-5-12-29(35)30-13-6-8-16-36(30)45)41(34)28-19-22-39-33(25-28)42-40(46-39)23-20-31-32-24-27(26-10-3-2-4-11-26)18-21-38(32)47-43(31)42/h2-25H. The number of hydrogen-bond donors (Lipinski definition) is 0. The van der Waals surface area contributed by atoms with E-state index in [1.54, 1.807) is 0 Å². The molecule has 47 heavy (non-hydrogen) atoms. The molecule has 4 nitrogen and oxygen atoms in total. The minimum atomic E-state index is 0.596. The van der Waals surface area contributed by atoms with Gasteiger partial charge in [-0.1, -0.05) is 91.0 Å². The molecule has 0 unspecified atom stereocenters. The molecule has 0 saturated carbocycles. The molecule has 218 valence electrons. The summed E-state index contributed by atoms with van der Waals surface area (Å²) in [6, 6.07) is 50.1. The normalized spacial score (nSPS) is 11.8. The van der Waals surface area contributed by atoms with Crippen molar-refractivity contribution in [2.24, 2.45) is 0 Å². The van der Waals surface area contributed by atoms with E-state index in [0.717, 1.165) is 77.3 Å². The van der Waals surface area contributed by atoms with Gasteiger partial charge in [0, 0.05) is 38.2 Å². The largest absolute Gasteiger partial charge is 0.456 e. The Morgan fingerprint density at radius 3 is 1.89 bits per heavy atom. The van der Waals surface area contributed by atoms with Crippen LogP contribution in [0.15, 0.2) is 154 Å². The lowest BCUT2D eigenvalue weighted by molar-refractivity contribution is 0.663. The second-order valence-electron chi connectivity index (χ2n) is 12.0. The highest BCUT2D eigenvalue weighted by molar-refractivity contribution is 6.22. The summed E-state index contributed by atoms with van der Waals surface area (Å²) in [5.41, 5.74) is 11.1. The lowest BCUT2D eigenvalue weighted by Crippen LogP contribution is -1.97. The van der Waals surface area contributed by atoms with Gasteiger partial charge >= 0.3 is 0 Å². The van der Waals surface area contributed by atoms with Crippen LogP contribution in [-0.2, 0) is 0 Å². The van der Waals surface area contributed by atoms with Crippen LogP contribution in [0.25, 0.3) is 98.5 Å². The van der Waals surface area contributed by atoms with Gasteiger partial charge in [0.2, 0.25) is 0 Å². The molecule has 0 bridgehead atoms. The van der Waals surface area contributed by atoms with Gasteiger partial charge in [-0.25, -0.2) is 4.85 Å². The van der Waals surface area contributed by atoms with Crippen LogP contribution in [0.4, 0.5) is 5.69 Å². The number of rotatable bonds is 3. The average molecular weight is 601 g/mol. The molecule has 7 aromatic carbocycles. The fraction of sp³-hybridized carbons (Fsp3) is 0. The van der Waals surface area contributed by atoms with Crippen LogP contribution in [0.5, 0.6) is 0 Å². The predicted molar refractivity (Wildman–Crippen MR) is 192 cm³/mol. The smallest absolute Gasteiger partial charge is 0.196 e. The third-order valence-electron chi connectivity index (χ3n) is 9.43. The summed E-state index contributed by atoms with van der Waals surface area (Å²) in [6.45, 7) is 8.18. The number of fused-ring (bicyclic) bond motifs is 10. The van der Waals surface area contributed by atoms with Gasteiger partial charge in [-0.2, -0.15) is 0 Å². The molecular weight excluding hydrogens is 576 g/mol. The lowest BCUT2D eigenvalue weighted by Gasteiger charge is -2.16. The summed E-state index contributed by atoms with van der Waals surface area (Å²) < 4.78 is 15.3. The molecular formula is C43H24N2O2. The highest BCUT2D eigenvalue weighted by Gasteiger charge is 2.21. The Kier molecular flexibility index (Phi) is 5.32.